The normalized spacial score (nSPS) is 26.2. The monoisotopic (exact) mass is 542 g/mol. The molecule has 3 aliphatic carbocycles. The fourth-order valence-corrected chi connectivity index (χ4v) is 5.78. The van der Waals surface area contributed by atoms with Crippen LogP contribution in [0.2, 0.25) is 0 Å². The van der Waals surface area contributed by atoms with Gasteiger partial charge in [0.1, 0.15) is 17.1 Å². The summed E-state index contributed by atoms with van der Waals surface area (Å²) in [4.78, 5) is 40.7. The summed E-state index contributed by atoms with van der Waals surface area (Å²) in [6, 6.07) is 1.59. The lowest BCUT2D eigenvalue weighted by Gasteiger charge is -2.52. The molecule has 1 amide bonds. The molecule has 0 saturated carbocycles. The molecule has 0 radical (unpaired) electrons. The second kappa shape index (κ2) is 9.27. The molecule has 210 valence electrons. The van der Waals surface area contributed by atoms with Crippen LogP contribution < -0.4 is 27.0 Å². The Morgan fingerprint density at radius 3 is 2.46 bits per heavy atom. The summed E-state index contributed by atoms with van der Waals surface area (Å²) in [6.45, 7) is 4.42. The number of hydrogen-bond donors (Lipinski definition) is 9. The average molecular weight is 543 g/mol. The summed E-state index contributed by atoms with van der Waals surface area (Å²) in [5, 5.41) is 58.2. The molecule has 1 aromatic carbocycles. The van der Waals surface area contributed by atoms with Crippen LogP contribution in [0.3, 0.4) is 0 Å². The zero-order valence-electron chi connectivity index (χ0n) is 22.2. The van der Waals surface area contributed by atoms with Crippen molar-refractivity contribution in [1.29, 1.82) is 5.41 Å². The number of allylic oxidation sites excluding steroid dienone is 1. The van der Waals surface area contributed by atoms with E-state index in [4.69, 9.17) is 16.9 Å². The maximum absolute atomic E-state index is 13.9. The van der Waals surface area contributed by atoms with Crippen LogP contribution in [-0.2, 0) is 16.0 Å². The molecule has 0 aromatic heterocycles. The zero-order chi connectivity index (χ0) is 29.2. The Balaban J connectivity index is 1.88. The van der Waals surface area contributed by atoms with Crippen molar-refractivity contribution in [2.75, 3.05) is 30.9 Å². The summed E-state index contributed by atoms with van der Waals surface area (Å²) in [7, 11) is 3.48. The van der Waals surface area contributed by atoms with E-state index >= 15 is 0 Å². The van der Waals surface area contributed by atoms with Gasteiger partial charge in [0, 0.05) is 38.3 Å². The number of aliphatic hydroxyl groups is 3. The van der Waals surface area contributed by atoms with Crippen LogP contribution in [0.1, 0.15) is 42.6 Å². The number of hydrogen-bond acceptors (Lipinski definition) is 10. The minimum absolute atomic E-state index is 0.0610. The number of primary amides is 1. The van der Waals surface area contributed by atoms with Crippen molar-refractivity contribution < 1.29 is 34.8 Å². The average Bonchev–Trinajstić information content (AvgIpc) is 2.81. The number of carbonyl (C=O) groups is 3. The Morgan fingerprint density at radius 1 is 1.26 bits per heavy atom. The third-order valence-electron chi connectivity index (χ3n) is 7.65. The van der Waals surface area contributed by atoms with E-state index in [2.05, 4.69) is 10.6 Å². The molecule has 0 heterocycles. The number of nitrogens with one attached hydrogen (secondary N) is 3. The lowest BCUT2D eigenvalue weighted by Crippen LogP contribution is -2.71. The fourth-order valence-electron chi connectivity index (χ4n) is 5.78. The molecule has 13 heteroatoms. The van der Waals surface area contributed by atoms with Crippen LogP contribution in [0.4, 0.5) is 11.4 Å². The smallest absolute Gasteiger partial charge is 0.255 e. The van der Waals surface area contributed by atoms with Gasteiger partial charge in [0.2, 0.25) is 11.4 Å². The van der Waals surface area contributed by atoms with E-state index < -0.39 is 63.8 Å². The Hall–Kier alpha value is -4.10. The number of anilines is 2. The first-order valence-corrected chi connectivity index (χ1v) is 12.5. The van der Waals surface area contributed by atoms with Crippen LogP contribution in [0.25, 0.3) is 0 Å². The van der Waals surface area contributed by atoms with Crippen LogP contribution >= 0.6 is 0 Å². The van der Waals surface area contributed by atoms with Crippen LogP contribution in [0.5, 0.6) is 5.75 Å². The topological polar surface area (TPSA) is 235 Å². The van der Waals surface area contributed by atoms with Gasteiger partial charge in [-0.15, -0.1) is 0 Å². The highest BCUT2D eigenvalue weighted by atomic mass is 16.4. The minimum atomic E-state index is -2.90. The third-order valence-corrected chi connectivity index (χ3v) is 7.65. The van der Waals surface area contributed by atoms with Gasteiger partial charge in [0.05, 0.1) is 16.8 Å². The van der Waals surface area contributed by atoms with Crippen molar-refractivity contribution in [3.63, 3.8) is 0 Å². The van der Waals surface area contributed by atoms with Crippen molar-refractivity contribution >= 4 is 34.8 Å². The van der Waals surface area contributed by atoms with Gasteiger partial charge < -0.3 is 47.4 Å². The largest absolute Gasteiger partial charge is 0.511 e. The molecule has 0 saturated heterocycles. The van der Waals surface area contributed by atoms with Gasteiger partial charge in [0.25, 0.3) is 5.91 Å². The van der Waals surface area contributed by atoms with E-state index in [1.807, 2.05) is 13.8 Å². The van der Waals surface area contributed by atoms with Gasteiger partial charge in [-0.25, -0.2) is 0 Å². The molecule has 0 fully saturated rings. The Labute approximate surface area is 224 Å². The SMILES string of the molecule is CC(C)CNC(=N)Nc1cc(N(C)C)c2c(c1O)C(=O)C1=C(O)[C@]3(O)C(=O)C(C(N)=O)=C(O)C[C@]3(N)C[C@@H]1C2. The zero-order valence-corrected chi connectivity index (χ0v) is 22.2. The van der Waals surface area contributed by atoms with E-state index in [9.17, 15) is 34.8 Å². The molecule has 3 aliphatic rings. The van der Waals surface area contributed by atoms with Crippen molar-refractivity contribution in [3.05, 3.63) is 39.9 Å². The number of benzene rings is 1. The summed E-state index contributed by atoms with van der Waals surface area (Å²) in [5.74, 6) is -6.41. The second-order valence-electron chi connectivity index (χ2n) is 11.1. The predicted molar refractivity (Wildman–Crippen MR) is 143 cm³/mol. The summed E-state index contributed by atoms with van der Waals surface area (Å²) >= 11 is 0. The van der Waals surface area contributed by atoms with E-state index in [-0.39, 0.29) is 41.5 Å². The van der Waals surface area contributed by atoms with E-state index in [0.717, 1.165) is 0 Å². The van der Waals surface area contributed by atoms with Crippen molar-refractivity contribution in [2.24, 2.45) is 23.3 Å². The number of fused-ring (bicyclic) bond motifs is 3. The van der Waals surface area contributed by atoms with Crippen LogP contribution in [0.15, 0.2) is 28.7 Å². The fraction of sp³-hybridized carbons (Fsp3) is 0.462. The Morgan fingerprint density at radius 2 is 1.90 bits per heavy atom. The standard InChI is InChI=1S/C26H34N6O7/c1-10(2)9-30-24(28)31-13-6-14(32(3)4)12-5-11-7-25(29)8-15(33)18(23(27)38)22(37)26(25,39)21(36)16(11)20(35)17(12)19(13)34/h6,10-11,33-34,36,39H,5,7-9,29H2,1-4H3,(H2,27,38)(H3,28,30,31)/t11-,25+,26-/m0/s1. The Kier molecular flexibility index (Phi) is 6.64. The number of Topliss-reactive ketones (excluding diaryl/α,β-unsaturated/α-hetero) is 2. The van der Waals surface area contributed by atoms with Gasteiger partial charge >= 0.3 is 0 Å². The van der Waals surface area contributed by atoms with Gasteiger partial charge in [-0.1, -0.05) is 13.8 Å². The lowest BCUT2D eigenvalue weighted by atomic mass is 9.56. The number of phenols is 1. The number of amides is 1. The highest BCUT2D eigenvalue weighted by Crippen LogP contribution is 2.54. The molecule has 1 aromatic rings. The van der Waals surface area contributed by atoms with E-state index in [1.54, 1.807) is 25.1 Å². The van der Waals surface area contributed by atoms with Crippen LogP contribution in [-0.4, -0.2) is 75.6 Å². The quantitative estimate of drug-likeness (QED) is 0.106. The highest BCUT2D eigenvalue weighted by molar-refractivity contribution is 6.25. The first-order valence-electron chi connectivity index (χ1n) is 12.5. The number of aliphatic hydroxyl groups excluding tert-OH is 2. The predicted octanol–water partition coefficient (Wildman–Crippen LogP) is 0.320. The molecule has 0 aliphatic heterocycles. The number of nitrogens with two attached hydrogens (primary N) is 2. The maximum atomic E-state index is 13.9. The summed E-state index contributed by atoms with van der Waals surface area (Å²) in [5.41, 5.74) is 6.51. The number of carbonyl (C=O) groups excluding carboxylic acids is 3. The highest BCUT2D eigenvalue weighted by Gasteiger charge is 2.66. The number of phenolic OH excluding ortho intramolecular Hbond substituents is 1. The molecular weight excluding hydrogens is 508 g/mol. The molecule has 0 spiro atoms. The number of rotatable bonds is 5. The third kappa shape index (κ3) is 4.08. The summed E-state index contributed by atoms with van der Waals surface area (Å²) < 4.78 is 0. The van der Waals surface area contributed by atoms with E-state index in [1.165, 1.54) is 0 Å². The summed E-state index contributed by atoms with van der Waals surface area (Å²) in [6.07, 6.45) is -0.642. The van der Waals surface area contributed by atoms with Gasteiger partial charge in [-0.05, 0) is 36.3 Å². The van der Waals surface area contributed by atoms with Crippen molar-refractivity contribution in [1.82, 2.24) is 5.32 Å². The van der Waals surface area contributed by atoms with Crippen molar-refractivity contribution in [3.8, 4) is 5.75 Å². The molecule has 13 nitrogen and oxygen atoms in total. The van der Waals surface area contributed by atoms with Crippen molar-refractivity contribution in [2.45, 2.75) is 44.2 Å². The second-order valence-corrected chi connectivity index (χ2v) is 11.1. The number of ketones is 2. The molecule has 11 N–H and O–H groups in total. The molecule has 4 rings (SSSR count). The molecule has 39 heavy (non-hydrogen) atoms. The first kappa shape index (κ1) is 27.9. The molecule has 0 bridgehead atoms. The number of aromatic hydroxyl groups is 1. The molecule has 3 atom stereocenters. The molecule has 0 unspecified atom stereocenters. The first-order chi connectivity index (χ1) is 18.0. The van der Waals surface area contributed by atoms with Gasteiger partial charge in [-0.2, -0.15) is 0 Å². The Bertz CT molecular complexity index is 1380. The molecular formula is C26H34N6O7. The van der Waals surface area contributed by atoms with E-state index in [0.29, 0.717) is 17.8 Å². The minimum Gasteiger partial charge on any atom is -0.511 e. The van der Waals surface area contributed by atoms with Crippen LogP contribution in [0, 0.1) is 17.2 Å². The van der Waals surface area contributed by atoms with Gasteiger partial charge in [-0.3, -0.25) is 19.8 Å². The maximum Gasteiger partial charge on any atom is 0.255 e. The van der Waals surface area contributed by atoms with Gasteiger partial charge in [0.15, 0.2) is 17.5 Å². The number of nitrogens with zero attached hydrogens (tertiary/aromatic N) is 1. The number of guanidine groups is 1. The lowest BCUT2D eigenvalue weighted by molar-refractivity contribution is -0.146.